The fourth-order valence-electron chi connectivity index (χ4n) is 3.44. The number of hydrogen-bond acceptors (Lipinski definition) is 4. The van der Waals surface area contributed by atoms with Crippen molar-refractivity contribution >= 4 is 5.95 Å². The first-order chi connectivity index (χ1) is 8.78. The zero-order chi connectivity index (χ0) is 12.5. The molecule has 2 unspecified atom stereocenters. The molecule has 2 heterocycles. The van der Waals surface area contributed by atoms with Crippen molar-refractivity contribution in [3.8, 4) is 6.07 Å². The Labute approximate surface area is 108 Å². The minimum atomic E-state index is 0.484. The van der Waals surface area contributed by atoms with Crippen LogP contribution in [0.1, 0.15) is 43.5 Å². The smallest absolute Gasteiger partial charge is 0.227 e. The van der Waals surface area contributed by atoms with Crippen LogP contribution in [0.15, 0.2) is 6.07 Å². The number of nitrogens with zero attached hydrogens (tertiary/aromatic N) is 4. The van der Waals surface area contributed by atoms with Gasteiger partial charge in [-0.25, -0.2) is 9.97 Å². The van der Waals surface area contributed by atoms with E-state index in [0.29, 0.717) is 11.7 Å². The average molecular weight is 242 g/mol. The molecule has 0 N–H and O–H groups in total. The third-order valence-electron chi connectivity index (χ3n) is 4.21. The lowest BCUT2D eigenvalue weighted by Crippen LogP contribution is -2.43. The Hall–Kier alpha value is -1.63. The molecule has 2 atom stereocenters. The highest BCUT2D eigenvalue weighted by molar-refractivity contribution is 5.38. The molecule has 2 fully saturated rings. The molecule has 1 aromatic heterocycles. The molecule has 0 spiro atoms. The van der Waals surface area contributed by atoms with Gasteiger partial charge in [0.25, 0.3) is 0 Å². The van der Waals surface area contributed by atoms with Crippen molar-refractivity contribution in [2.24, 2.45) is 5.92 Å². The standard InChI is InChI=1S/C14H18N4/c1-10-8-12(9-15)17-14(16-10)18-7-3-5-11-4-2-6-13(11)18/h8,11,13H,2-7H2,1H3. The van der Waals surface area contributed by atoms with E-state index in [-0.39, 0.29) is 0 Å². The molecule has 1 aliphatic carbocycles. The number of aromatic nitrogens is 2. The lowest BCUT2D eigenvalue weighted by molar-refractivity contribution is 0.358. The predicted molar refractivity (Wildman–Crippen MR) is 69.2 cm³/mol. The highest BCUT2D eigenvalue weighted by Crippen LogP contribution is 2.38. The van der Waals surface area contributed by atoms with E-state index in [4.69, 9.17) is 5.26 Å². The number of hydrogen-bond donors (Lipinski definition) is 0. The largest absolute Gasteiger partial charge is 0.338 e. The number of nitriles is 1. The highest BCUT2D eigenvalue weighted by atomic mass is 15.3. The molecule has 4 heteroatoms. The van der Waals surface area contributed by atoms with Gasteiger partial charge in [-0.15, -0.1) is 0 Å². The Morgan fingerprint density at radius 2 is 2.11 bits per heavy atom. The SMILES string of the molecule is Cc1cc(C#N)nc(N2CCCC3CCCC32)n1. The summed E-state index contributed by atoms with van der Waals surface area (Å²) >= 11 is 0. The van der Waals surface area contributed by atoms with E-state index in [1.807, 2.05) is 6.92 Å². The second-order valence-electron chi connectivity index (χ2n) is 5.40. The quantitative estimate of drug-likeness (QED) is 0.759. The Morgan fingerprint density at radius 1 is 1.28 bits per heavy atom. The van der Waals surface area contributed by atoms with E-state index in [1.54, 1.807) is 6.07 Å². The Morgan fingerprint density at radius 3 is 2.94 bits per heavy atom. The van der Waals surface area contributed by atoms with Crippen molar-refractivity contribution < 1.29 is 0 Å². The van der Waals surface area contributed by atoms with Crippen LogP contribution in [0.5, 0.6) is 0 Å². The number of aryl methyl sites for hydroxylation is 1. The van der Waals surface area contributed by atoms with E-state index < -0.39 is 0 Å². The minimum Gasteiger partial charge on any atom is -0.338 e. The average Bonchev–Trinajstić information content (AvgIpc) is 2.85. The molecule has 0 radical (unpaired) electrons. The summed E-state index contributed by atoms with van der Waals surface area (Å²) in [5, 5.41) is 9.01. The van der Waals surface area contributed by atoms with Crippen molar-refractivity contribution in [2.45, 2.75) is 45.1 Å². The van der Waals surface area contributed by atoms with Crippen molar-refractivity contribution in [3.63, 3.8) is 0 Å². The third-order valence-corrected chi connectivity index (χ3v) is 4.21. The Bertz CT molecular complexity index is 491. The van der Waals surface area contributed by atoms with Gasteiger partial charge in [-0.2, -0.15) is 5.26 Å². The Balaban J connectivity index is 1.94. The zero-order valence-electron chi connectivity index (χ0n) is 10.8. The van der Waals surface area contributed by atoms with Gasteiger partial charge in [-0.3, -0.25) is 0 Å². The predicted octanol–water partition coefficient (Wildman–Crippen LogP) is 2.43. The van der Waals surface area contributed by atoms with E-state index >= 15 is 0 Å². The molecule has 18 heavy (non-hydrogen) atoms. The van der Waals surface area contributed by atoms with Gasteiger partial charge < -0.3 is 4.90 Å². The summed E-state index contributed by atoms with van der Waals surface area (Å²) < 4.78 is 0. The highest BCUT2D eigenvalue weighted by Gasteiger charge is 2.36. The molecule has 1 saturated carbocycles. The van der Waals surface area contributed by atoms with Crippen molar-refractivity contribution in [2.75, 3.05) is 11.4 Å². The van der Waals surface area contributed by atoms with Crippen LogP contribution in [0.25, 0.3) is 0 Å². The summed E-state index contributed by atoms with van der Waals surface area (Å²) in [6.07, 6.45) is 6.49. The fraction of sp³-hybridized carbons (Fsp3) is 0.643. The molecule has 3 rings (SSSR count). The van der Waals surface area contributed by atoms with Crippen molar-refractivity contribution in [3.05, 3.63) is 17.5 Å². The first-order valence-corrected chi connectivity index (χ1v) is 6.80. The summed E-state index contributed by atoms with van der Waals surface area (Å²) in [7, 11) is 0. The molecule has 0 aromatic carbocycles. The monoisotopic (exact) mass is 242 g/mol. The van der Waals surface area contributed by atoms with Gasteiger partial charge in [0.05, 0.1) is 0 Å². The van der Waals surface area contributed by atoms with Crippen LogP contribution in [-0.4, -0.2) is 22.6 Å². The maximum atomic E-state index is 9.01. The normalized spacial score (nSPS) is 26.8. The summed E-state index contributed by atoms with van der Waals surface area (Å²) in [5.41, 5.74) is 1.37. The van der Waals surface area contributed by atoms with Gasteiger partial charge >= 0.3 is 0 Å². The van der Waals surface area contributed by atoms with E-state index in [0.717, 1.165) is 24.1 Å². The van der Waals surface area contributed by atoms with Crippen LogP contribution in [-0.2, 0) is 0 Å². The summed E-state index contributed by atoms with van der Waals surface area (Å²) in [6.45, 7) is 2.97. The van der Waals surface area contributed by atoms with E-state index in [9.17, 15) is 0 Å². The number of rotatable bonds is 1. The van der Waals surface area contributed by atoms with Crippen molar-refractivity contribution in [1.82, 2.24) is 9.97 Å². The molecule has 1 saturated heterocycles. The number of piperidine rings is 1. The zero-order valence-corrected chi connectivity index (χ0v) is 10.8. The van der Waals surface area contributed by atoms with Crippen LogP contribution >= 0.6 is 0 Å². The van der Waals surface area contributed by atoms with Gasteiger partial charge in [0.2, 0.25) is 5.95 Å². The summed E-state index contributed by atoms with van der Waals surface area (Å²) in [4.78, 5) is 11.3. The summed E-state index contributed by atoms with van der Waals surface area (Å²) in [5.74, 6) is 1.58. The van der Waals surface area contributed by atoms with Crippen molar-refractivity contribution in [1.29, 1.82) is 5.26 Å². The topological polar surface area (TPSA) is 52.8 Å². The first kappa shape index (κ1) is 11.5. The molecule has 0 amide bonds. The van der Waals surface area contributed by atoms with Crippen LogP contribution in [0, 0.1) is 24.2 Å². The second-order valence-corrected chi connectivity index (χ2v) is 5.40. The number of anilines is 1. The molecule has 1 aromatic rings. The van der Waals surface area contributed by atoms with Crippen LogP contribution in [0.2, 0.25) is 0 Å². The van der Waals surface area contributed by atoms with Crippen LogP contribution < -0.4 is 4.90 Å². The maximum absolute atomic E-state index is 9.01. The molecule has 4 nitrogen and oxygen atoms in total. The molecule has 1 aliphatic heterocycles. The third kappa shape index (κ3) is 1.94. The van der Waals surface area contributed by atoms with Crippen LogP contribution in [0.3, 0.4) is 0 Å². The van der Waals surface area contributed by atoms with E-state index in [2.05, 4.69) is 20.9 Å². The maximum Gasteiger partial charge on any atom is 0.227 e. The lowest BCUT2D eigenvalue weighted by atomic mass is 9.92. The molecule has 0 bridgehead atoms. The van der Waals surface area contributed by atoms with Gasteiger partial charge in [-0.05, 0) is 44.6 Å². The van der Waals surface area contributed by atoms with Gasteiger partial charge in [0, 0.05) is 18.3 Å². The number of fused-ring (bicyclic) bond motifs is 1. The van der Waals surface area contributed by atoms with Gasteiger partial charge in [0.1, 0.15) is 11.8 Å². The van der Waals surface area contributed by atoms with E-state index in [1.165, 1.54) is 32.1 Å². The lowest BCUT2D eigenvalue weighted by Gasteiger charge is -2.37. The minimum absolute atomic E-state index is 0.484. The Kier molecular flexibility index (Phi) is 2.91. The first-order valence-electron chi connectivity index (χ1n) is 6.80. The second kappa shape index (κ2) is 4.56. The molecule has 94 valence electrons. The fourth-order valence-corrected chi connectivity index (χ4v) is 3.44. The van der Waals surface area contributed by atoms with Crippen LogP contribution in [0.4, 0.5) is 5.95 Å². The van der Waals surface area contributed by atoms with Gasteiger partial charge in [0.15, 0.2) is 0 Å². The van der Waals surface area contributed by atoms with Gasteiger partial charge in [-0.1, -0.05) is 6.42 Å². The molecule has 2 aliphatic rings. The summed E-state index contributed by atoms with van der Waals surface area (Å²) in [6, 6.07) is 4.48. The molecular formula is C14H18N4. The molecular weight excluding hydrogens is 224 g/mol.